The molecule has 3 rings (SSSR count). The van der Waals surface area contributed by atoms with Crippen LogP contribution in [-0.2, 0) is 11.2 Å². The lowest BCUT2D eigenvalue weighted by molar-refractivity contribution is -0.137. The van der Waals surface area contributed by atoms with Crippen molar-refractivity contribution < 1.29 is 4.79 Å². The minimum Gasteiger partial charge on any atom is -0.353 e. The fourth-order valence-electron chi connectivity index (χ4n) is 3.62. The first-order chi connectivity index (χ1) is 10.2. The predicted molar refractivity (Wildman–Crippen MR) is 85.0 cm³/mol. The largest absolute Gasteiger partial charge is 0.353 e. The first-order valence-corrected chi connectivity index (χ1v) is 8.25. The van der Waals surface area contributed by atoms with Crippen LogP contribution in [0.2, 0.25) is 0 Å². The van der Waals surface area contributed by atoms with E-state index in [1.165, 1.54) is 12.0 Å². The van der Waals surface area contributed by atoms with E-state index in [-0.39, 0.29) is 11.3 Å². The number of hydrogen-bond donors (Lipinski definition) is 2. The SMILES string of the molecule is CC1CNCCC1NC(=O)C1(Cc2ccccc2)CCC1. The van der Waals surface area contributed by atoms with Crippen molar-refractivity contribution in [2.45, 2.75) is 45.1 Å². The van der Waals surface area contributed by atoms with E-state index in [4.69, 9.17) is 0 Å². The molecule has 21 heavy (non-hydrogen) atoms. The molecule has 1 aromatic carbocycles. The van der Waals surface area contributed by atoms with E-state index in [1.807, 2.05) is 6.07 Å². The van der Waals surface area contributed by atoms with Gasteiger partial charge in [-0.1, -0.05) is 43.7 Å². The third kappa shape index (κ3) is 3.13. The second kappa shape index (κ2) is 6.18. The summed E-state index contributed by atoms with van der Waals surface area (Å²) < 4.78 is 0. The first kappa shape index (κ1) is 14.6. The molecule has 0 aromatic heterocycles. The molecule has 2 aliphatic rings. The fraction of sp³-hybridized carbons (Fsp3) is 0.611. The molecule has 1 saturated carbocycles. The fourth-order valence-corrected chi connectivity index (χ4v) is 3.62. The van der Waals surface area contributed by atoms with Crippen LogP contribution < -0.4 is 10.6 Å². The summed E-state index contributed by atoms with van der Waals surface area (Å²) in [6.07, 6.45) is 5.19. The van der Waals surface area contributed by atoms with Crippen LogP contribution in [0, 0.1) is 11.3 Å². The molecule has 1 amide bonds. The molecule has 0 bridgehead atoms. The van der Waals surface area contributed by atoms with Crippen LogP contribution in [0.3, 0.4) is 0 Å². The van der Waals surface area contributed by atoms with Gasteiger partial charge >= 0.3 is 0 Å². The highest BCUT2D eigenvalue weighted by atomic mass is 16.2. The lowest BCUT2D eigenvalue weighted by Gasteiger charge is -2.42. The van der Waals surface area contributed by atoms with E-state index < -0.39 is 0 Å². The van der Waals surface area contributed by atoms with Crippen LogP contribution >= 0.6 is 0 Å². The molecule has 2 N–H and O–H groups in total. The van der Waals surface area contributed by atoms with Gasteiger partial charge in [-0.2, -0.15) is 0 Å². The number of amides is 1. The summed E-state index contributed by atoms with van der Waals surface area (Å²) in [5.41, 5.74) is 1.14. The first-order valence-electron chi connectivity index (χ1n) is 8.25. The molecule has 114 valence electrons. The van der Waals surface area contributed by atoms with E-state index in [9.17, 15) is 4.79 Å². The molecular weight excluding hydrogens is 260 g/mol. The highest BCUT2D eigenvalue weighted by Gasteiger charge is 2.44. The van der Waals surface area contributed by atoms with Crippen molar-refractivity contribution in [2.24, 2.45) is 11.3 Å². The number of rotatable bonds is 4. The smallest absolute Gasteiger partial charge is 0.226 e. The van der Waals surface area contributed by atoms with E-state index in [1.54, 1.807) is 0 Å². The van der Waals surface area contributed by atoms with Gasteiger partial charge in [0.05, 0.1) is 5.41 Å². The standard InChI is InChI=1S/C18H26N2O/c1-14-13-19-11-8-16(14)20-17(21)18(9-5-10-18)12-15-6-3-2-4-7-15/h2-4,6-7,14,16,19H,5,8-13H2,1H3,(H,20,21). The van der Waals surface area contributed by atoms with Gasteiger partial charge in [-0.15, -0.1) is 0 Å². The van der Waals surface area contributed by atoms with Crippen LogP contribution in [0.25, 0.3) is 0 Å². The number of benzene rings is 1. The quantitative estimate of drug-likeness (QED) is 0.893. The van der Waals surface area contributed by atoms with Gasteiger partial charge in [0.1, 0.15) is 0 Å². The maximum Gasteiger partial charge on any atom is 0.226 e. The highest BCUT2D eigenvalue weighted by Crippen LogP contribution is 2.44. The van der Waals surface area contributed by atoms with Crippen molar-refractivity contribution in [3.8, 4) is 0 Å². The number of hydrogen-bond acceptors (Lipinski definition) is 2. The normalized spacial score (nSPS) is 27.7. The van der Waals surface area contributed by atoms with Crippen LogP contribution in [-0.4, -0.2) is 25.0 Å². The van der Waals surface area contributed by atoms with Crippen molar-refractivity contribution >= 4 is 5.91 Å². The van der Waals surface area contributed by atoms with E-state index in [0.717, 1.165) is 38.8 Å². The molecular formula is C18H26N2O. The molecule has 3 heteroatoms. The average molecular weight is 286 g/mol. The Labute approximate surface area is 127 Å². The van der Waals surface area contributed by atoms with Crippen LogP contribution in [0.1, 0.15) is 38.2 Å². The molecule has 1 aromatic rings. The highest BCUT2D eigenvalue weighted by molar-refractivity contribution is 5.84. The molecule has 2 fully saturated rings. The zero-order valence-electron chi connectivity index (χ0n) is 12.9. The second-order valence-corrected chi connectivity index (χ2v) is 6.85. The van der Waals surface area contributed by atoms with Gasteiger partial charge < -0.3 is 10.6 Å². The van der Waals surface area contributed by atoms with Crippen molar-refractivity contribution in [1.29, 1.82) is 0 Å². The summed E-state index contributed by atoms with van der Waals surface area (Å²) in [6, 6.07) is 10.8. The minimum atomic E-state index is -0.147. The summed E-state index contributed by atoms with van der Waals surface area (Å²) in [5.74, 6) is 0.813. The number of carbonyl (C=O) groups is 1. The summed E-state index contributed by atoms with van der Waals surface area (Å²) >= 11 is 0. The van der Waals surface area contributed by atoms with E-state index >= 15 is 0 Å². The van der Waals surface area contributed by atoms with E-state index in [0.29, 0.717) is 12.0 Å². The Morgan fingerprint density at radius 3 is 2.71 bits per heavy atom. The van der Waals surface area contributed by atoms with Gasteiger partial charge in [0.15, 0.2) is 0 Å². The molecule has 2 atom stereocenters. The molecule has 3 nitrogen and oxygen atoms in total. The van der Waals surface area contributed by atoms with Crippen molar-refractivity contribution in [2.75, 3.05) is 13.1 Å². The molecule has 1 heterocycles. The Balaban J connectivity index is 1.66. The zero-order valence-corrected chi connectivity index (χ0v) is 12.9. The second-order valence-electron chi connectivity index (χ2n) is 6.85. The Hall–Kier alpha value is -1.35. The molecule has 1 aliphatic heterocycles. The maximum atomic E-state index is 12.8. The molecule has 1 aliphatic carbocycles. The lowest BCUT2D eigenvalue weighted by Crippen LogP contribution is -2.55. The monoisotopic (exact) mass is 286 g/mol. The van der Waals surface area contributed by atoms with Gasteiger partial charge in [0.25, 0.3) is 0 Å². The number of nitrogens with one attached hydrogen (secondary N) is 2. The van der Waals surface area contributed by atoms with E-state index in [2.05, 4.69) is 41.8 Å². The molecule has 0 spiro atoms. The molecule has 0 radical (unpaired) electrons. The van der Waals surface area contributed by atoms with Crippen LogP contribution in [0.4, 0.5) is 0 Å². The van der Waals surface area contributed by atoms with Gasteiger partial charge in [-0.05, 0) is 50.3 Å². The topological polar surface area (TPSA) is 41.1 Å². The Kier molecular flexibility index (Phi) is 4.29. The Bertz CT molecular complexity index is 481. The lowest BCUT2D eigenvalue weighted by atomic mass is 9.64. The molecule has 1 saturated heterocycles. The van der Waals surface area contributed by atoms with Gasteiger partial charge in [0.2, 0.25) is 5.91 Å². The minimum absolute atomic E-state index is 0.147. The van der Waals surface area contributed by atoms with Gasteiger partial charge in [0, 0.05) is 6.04 Å². The Morgan fingerprint density at radius 1 is 1.33 bits per heavy atom. The average Bonchev–Trinajstić information content (AvgIpc) is 2.46. The van der Waals surface area contributed by atoms with Crippen molar-refractivity contribution in [1.82, 2.24) is 10.6 Å². The third-order valence-corrected chi connectivity index (χ3v) is 5.28. The summed E-state index contributed by atoms with van der Waals surface area (Å²) in [4.78, 5) is 12.8. The Morgan fingerprint density at radius 2 is 2.10 bits per heavy atom. The van der Waals surface area contributed by atoms with Crippen molar-refractivity contribution in [3.63, 3.8) is 0 Å². The van der Waals surface area contributed by atoms with Crippen LogP contribution in [0.5, 0.6) is 0 Å². The van der Waals surface area contributed by atoms with Crippen molar-refractivity contribution in [3.05, 3.63) is 35.9 Å². The zero-order chi connectivity index (χ0) is 14.7. The molecule has 2 unspecified atom stereocenters. The van der Waals surface area contributed by atoms with Gasteiger partial charge in [-0.25, -0.2) is 0 Å². The summed E-state index contributed by atoms with van der Waals surface area (Å²) in [6.45, 7) is 4.25. The van der Waals surface area contributed by atoms with Gasteiger partial charge in [-0.3, -0.25) is 4.79 Å². The maximum absolute atomic E-state index is 12.8. The van der Waals surface area contributed by atoms with Crippen LogP contribution in [0.15, 0.2) is 30.3 Å². The summed E-state index contributed by atoms with van der Waals surface area (Å²) in [5, 5.41) is 6.75. The number of carbonyl (C=O) groups excluding carboxylic acids is 1. The summed E-state index contributed by atoms with van der Waals surface area (Å²) in [7, 11) is 0. The number of piperidine rings is 1. The predicted octanol–water partition coefficient (Wildman–Crippen LogP) is 2.51. The third-order valence-electron chi connectivity index (χ3n) is 5.28.